The number of aldehydes is 1. The molecule has 178 valence electrons. The van der Waals surface area contributed by atoms with Crippen LogP contribution in [0.5, 0.6) is 0 Å². The first kappa shape index (κ1) is 25.1. The third kappa shape index (κ3) is 5.16. The molecule has 3 aromatic carbocycles. The van der Waals surface area contributed by atoms with E-state index in [-0.39, 0.29) is 22.6 Å². The molecule has 6 nitrogen and oxygen atoms in total. The summed E-state index contributed by atoms with van der Waals surface area (Å²) in [6.45, 7) is 0. The summed E-state index contributed by atoms with van der Waals surface area (Å²) in [5, 5.41) is 3.18. The van der Waals surface area contributed by atoms with Crippen LogP contribution in [0.25, 0.3) is 33.4 Å². The summed E-state index contributed by atoms with van der Waals surface area (Å²) in [5.41, 5.74) is 2.10. The highest BCUT2D eigenvalue weighted by Crippen LogP contribution is 2.40. The highest BCUT2D eigenvalue weighted by Gasteiger charge is 2.23. The Morgan fingerprint density at radius 1 is 0.941 bits per heavy atom. The normalized spacial score (nSPS) is 11.1. The molecule has 0 saturated heterocycles. The van der Waals surface area contributed by atoms with Gasteiger partial charge in [0.2, 0.25) is 10.0 Å². The summed E-state index contributed by atoms with van der Waals surface area (Å²) in [5.74, 6) is -0.687. The molecule has 0 unspecified atom stereocenters. The molecule has 0 spiro atoms. The number of hydrogen-bond donors (Lipinski definition) is 1. The second-order valence-corrected chi connectivity index (χ2v) is 9.59. The van der Waals surface area contributed by atoms with Crippen LogP contribution in [0, 0.1) is 11.6 Å². The van der Waals surface area contributed by atoms with Crippen LogP contribution in [0.3, 0.4) is 0 Å². The number of benzene rings is 3. The van der Waals surface area contributed by atoms with Crippen molar-refractivity contribution in [2.24, 2.45) is 0 Å². The van der Waals surface area contributed by atoms with E-state index in [0.717, 1.165) is 10.6 Å². The van der Waals surface area contributed by atoms with Gasteiger partial charge in [0.15, 0.2) is 6.29 Å². The molecular weight excluding hydrogens is 462 g/mol. The fourth-order valence-corrected chi connectivity index (χ4v) is 3.92. The van der Waals surface area contributed by atoms with E-state index < -0.39 is 21.7 Å². The lowest BCUT2D eigenvalue weighted by Crippen LogP contribution is -2.25. The maximum Gasteiger partial charge on any atom is 0.232 e. The van der Waals surface area contributed by atoms with E-state index in [4.69, 9.17) is 4.42 Å². The number of nitrogens with zero attached hydrogens (tertiary/aromatic N) is 1. The van der Waals surface area contributed by atoms with E-state index >= 15 is 0 Å². The Kier molecular flexibility index (Phi) is 7.48. The van der Waals surface area contributed by atoms with Crippen molar-refractivity contribution in [3.05, 3.63) is 77.9 Å². The van der Waals surface area contributed by atoms with Crippen LogP contribution in [0.1, 0.15) is 10.4 Å². The number of rotatable bonds is 5. The molecule has 1 aromatic heterocycles. The Labute approximate surface area is 196 Å². The van der Waals surface area contributed by atoms with Gasteiger partial charge in [-0.3, -0.25) is 9.10 Å². The molecule has 9 heteroatoms. The Balaban J connectivity index is 0.00000103. The number of carbonyl (C=O) groups is 1. The van der Waals surface area contributed by atoms with E-state index in [2.05, 4.69) is 5.32 Å². The monoisotopic (exact) mass is 486 g/mol. The summed E-state index contributed by atoms with van der Waals surface area (Å²) >= 11 is 0. The summed E-state index contributed by atoms with van der Waals surface area (Å²) in [6.07, 6.45) is 1.68. The minimum atomic E-state index is -3.64. The molecule has 4 aromatic rings. The Hall–Kier alpha value is -3.56. The van der Waals surface area contributed by atoms with Crippen molar-refractivity contribution in [1.29, 1.82) is 0 Å². The average molecular weight is 487 g/mol. The molecular formula is C25H24F2N2O4S. The van der Waals surface area contributed by atoms with Crippen molar-refractivity contribution in [2.75, 3.05) is 31.7 Å². The number of furan rings is 1. The molecule has 1 N–H and O–H groups in total. The minimum absolute atomic E-state index is 0.229. The molecule has 1 heterocycles. The first-order chi connectivity index (χ1) is 16.1. The molecule has 0 radical (unpaired) electrons. The molecule has 0 aliphatic carbocycles. The Morgan fingerprint density at radius 2 is 1.59 bits per heavy atom. The first-order valence-electron chi connectivity index (χ1n) is 10.2. The van der Waals surface area contributed by atoms with Crippen LogP contribution in [0.15, 0.2) is 65.1 Å². The van der Waals surface area contributed by atoms with Gasteiger partial charge in [0, 0.05) is 29.6 Å². The largest absolute Gasteiger partial charge is 0.455 e. The quantitative estimate of drug-likeness (QED) is 0.398. The van der Waals surface area contributed by atoms with Crippen LogP contribution in [0.2, 0.25) is 0 Å². The smallest absolute Gasteiger partial charge is 0.232 e. The molecule has 0 saturated carbocycles. The van der Waals surface area contributed by atoms with Gasteiger partial charge in [0.05, 0.1) is 17.5 Å². The van der Waals surface area contributed by atoms with E-state index in [1.807, 2.05) is 14.1 Å². The zero-order valence-electron chi connectivity index (χ0n) is 19.1. The average Bonchev–Trinajstić information content (AvgIpc) is 3.15. The van der Waals surface area contributed by atoms with Crippen molar-refractivity contribution >= 4 is 33.0 Å². The number of hydrogen-bond acceptors (Lipinski definition) is 5. The number of halogens is 2. The SMILES string of the molecule is CN(c1cc2oc(-c3ccc(F)cc3)c(C=O)c2cc1-c1cccc(F)c1)S(C)(=O)=O.CNC. The highest BCUT2D eigenvalue weighted by molar-refractivity contribution is 7.92. The van der Waals surface area contributed by atoms with Gasteiger partial charge in [0.25, 0.3) is 0 Å². The van der Waals surface area contributed by atoms with Crippen LogP contribution >= 0.6 is 0 Å². The topological polar surface area (TPSA) is 79.6 Å². The number of nitrogens with one attached hydrogen (secondary N) is 1. The van der Waals surface area contributed by atoms with Crippen molar-refractivity contribution in [1.82, 2.24) is 5.32 Å². The zero-order valence-corrected chi connectivity index (χ0v) is 19.9. The number of carbonyl (C=O) groups excluding carboxylic acids is 1. The predicted octanol–water partition coefficient (Wildman–Crippen LogP) is 5.09. The van der Waals surface area contributed by atoms with Gasteiger partial charge in [-0.05, 0) is 62.1 Å². The lowest BCUT2D eigenvalue weighted by Gasteiger charge is -2.20. The fourth-order valence-electron chi connectivity index (χ4n) is 3.41. The van der Waals surface area contributed by atoms with Gasteiger partial charge in [-0.1, -0.05) is 12.1 Å². The maximum atomic E-state index is 13.9. The minimum Gasteiger partial charge on any atom is -0.455 e. The van der Waals surface area contributed by atoms with Crippen molar-refractivity contribution in [3.63, 3.8) is 0 Å². The standard InChI is InChI=1S/C23H17F2NO4S.C2H7N/c1-26(31(2,28)29)21-12-22-19(11-18(21)15-4-3-5-17(25)10-15)20(13-27)23(30-22)14-6-8-16(24)9-7-14;1-3-2/h3-13H,1-2H3;3H,1-2H3. The van der Waals surface area contributed by atoms with Crippen LogP contribution in [-0.2, 0) is 10.0 Å². The second kappa shape index (κ2) is 10.1. The first-order valence-corrected chi connectivity index (χ1v) is 12.1. The van der Waals surface area contributed by atoms with Crippen LogP contribution in [-0.4, -0.2) is 42.1 Å². The van der Waals surface area contributed by atoms with E-state index in [1.54, 1.807) is 12.1 Å². The second-order valence-electron chi connectivity index (χ2n) is 7.58. The van der Waals surface area contributed by atoms with Gasteiger partial charge >= 0.3 is 0 Å². The summed E-state index contributed by atoms with van der Waals surface area (Å²) in [7, 11) is 1.48. The number of sulfonamides is 1. The van der Waals surface area contributed by atoms with Gasteiger partial charge in [-0.25, -0.2) is 17.2 Å². The summed E-state index contributed by atoms with van der Waals surface area (Å²) in [4.78, 5) is 11.9. The van der Waals surface area contributed by atoms with Crippen molar-refractivity contribution in [3.8, 4) is 22.5 Å². The van der Waals surface area contributed by atoms with E-state index in [0.29, 0.717) is 28.4 Å². The van der Waals surface area contributed by atoms with Crippen LogP contribution in [0.4, 0.5) is 14.5 Å². The Morgan fingerprint density at radius 3 is 2.15 bits per heavy atom. The van der Waals surface area contributed by atoms with Crippen molar-refractivity contribution < 1.29 is 26.4 Å². The third-order valence-corrected chi connectivity index (χ3v) is 6.23. The summed E-state index contributed by atoms with van der Waals surface area (Å²) in [6, 6.07) is 14.3. The van der Waals surface area contributed by atoms with E-state index in [1.165, 1.54) is 55.6 Å². The maximum absolute atomic E-state index is 13.9. The lowest BCUT2D eigenvalue weighted by molar-refractivity contribution is 0.112. The summed E-state index contributed by atoms with van der Waals surface area (Å²) < 4.78 is 58.6. The molecule has 0 aliphatic rings. The molecule has 0 amide bonds. The van der Waals surface area contributed by atoms with Gasteiger partial charge in [-0.15, -0.1) is 0 Å². The molecule has 0 atom stereocenters. The van der Waals surface area contributed by atoms with Crippen LogP contribution < -0.4 is 9.62 Å². The molecule has 0 bridgehead atoms. The highest BCUT2D eigenvalue weighted by atomic mass is 32.2. The molecule has 34 heavy (non-hydrogen) atoms. The lowest BCUT2D eigenvalue weighted by atomic mass is 9.99. The van der Waals surface area contributed by atoms with Crippen molar-refractivity contribution in [2.45, 2.75) is 0 Å². The molecule has 0 fully saturated rings. The number of anilines is 1. The molecule has 4 rings (SSSR count). The predicted molar refractivity (Wildman–Crippen MR) is 131 cm³/mol. The Bertz CT molecular complexity index is 1430. The van der Waals surface area contributed by atoms with Gasteiger partial charge < -0.3 is 9.73 Å². The van der Waals surface area contributed by atoms with Gasteiger partial charge in [0.1, 0.15) is 23.0 Å². The fraction of sp³-hybridized carbons (Fsp3) is 0.160. The van der Waals surface area contributed by atoms with Gasteiger partial charge in [-0.2, -0.15) is 0 Å². The molecule has 0 aliphatic heterocycles. The third-order valence-electron chi connectivity index (χ3n) is 5.04. The number of fused-ring (bicyclic) bond motifs is 1. The van der Waals surface area contributed by atoms with E-state index in [9.17, 15) is 22.0 Å². The zero-order chi connectivity index (χ0) is 25.0.